The van der Waals surface area contributed by atoms with E-state index in [1.165, 1.54) is 19.8 Å². The highest BCUT2D eigenvalue weighted by Gasteiger charge is 2.26. The van der Waals surface area contributed by atoms with Crippen LogP contribution in [0.3, 0.4) is 0 Å². The second-order valence-corrected chi connectivity index (χ2v) is 6.43. The molecule has 0 unspecified atom stereocenters. The number of H-pyrrole nitrogens is 1. The highest BCUT2D eigenvalue weighted by molar-refractivity contribution is 7.89. The first kappa shape index (κ1) is 14.0. The Morgan fingerprint density at radius 2 is 2.11 bits per heavy atom. The molecule has 4 N–H and O–H groups in total. The molecule has 0 aromatic carbocycles. The maximum Gasteiger partial charge on any atom is 0.273 e. The van der Waals surface area contributed by atoms with E-state index in [-0.39, 0.29) is 16.3 Å². The van der Waals surface area contributed by atoms with Crippen LogP contribution in [0.5, 0.6) is 0 Å². The van der Waals surface area contributed by atoms with Crippen molar-refractivity contribution in [1.82, 2.24) is 15.5 Å². The number of carbonyl (C=O) groups excluding carboxylic acids is 1. The van der Waals surface area contributed by atoms with E-state index in [1.54, 1.807) is 0 Å². The Bertz CT molecular complexity index is 573. The average Bonchev–Trinajstić information content (AvgIpc) is 2.93. The Kier molecular flexibility index (Phi) is 3.91. The summed E-state index contributed by atoms with van der Waals surface area (Å²) >= 11 is 0. The van der Waals surface area contributed by atoms with Gasteiger partial charge in [-0.05, 0) is 25.7 Å². The van der Waals surface area contributed by atoms with Crippen molar-refractivity contribution in [3.63, 3.8) is 0 Å². The fourth-order valence-electron chi connectivity index (χ4n) is 2.46. The van der Waals surface area contributed by atoms with Crippen LogP contribution in [0, 0.1) is 12.8 Å². The van der Waals surface area contributed by atoms with Gasteiger partial charge in [-0.1, -0.05) is 12.8 Å². The number of hydrogen-bond donors (Lipinski definition) is 3. The van der Waals surface area contributed by atoms with E-state index in [0.717, 1.165) is 12.8 Å². The minimum Gasteiger partial charge on any atom is -0.350 e. The number of primary sulfonamides is 1. The molecule has 0 bridgehead atoms. The van der Waals surface area contributed by atoms with Gasteiger partial charge >= 0.3 is 0 Å². The molecule has 1 heterocycles. The zero-order chi connectivity index (χ0) is 14.0. The lowest BCUT2D eigenvalue weighted by Crippen LogP contribution is -2.30. The van der Waals surface area contributed by atoms with Crippen molar-refractivity contribution in [3.05, 3.63) is 11.4 Å². The van der Waals surface area contributed by atoms with Crippen LogP contribution in [0.2, 0.25) is 0 Å². The lowest BCUT2D eigenvalue weighted by Gasteiger charge is -2.09. The van der Waals surface area contributed by atoms with Crippen molar-refractivity contribution in [3.8, 4) is 0 Å². The van der Waals surface area contributed by atoms with Gasteiger partial charge in [0, 0.05) is 6.54 Å². The maximum absolute atomic E-state index is 12.0. The zero-order valence-electron chi connectivity index (χ0n) is 10.8. The molecular formula is C11H18N4O3S. The van der Waals surface area contributed by atoms with Crippen LogP contribution >= 0.6 is 0 Å². The smallest absolute Gasteiger partial charge is 0.273 e. The van der Waals surface area contributed by atoms with E-state index < -0.39 is 15.9 Å². The molecule has 0 radical (unpaired) electrons. The van der Waals surface area contributed by atoms with Crippen LogP contribution in [-0.4, -0.2) is 31.1 Å². The van der Waals surface area contributed by atoms with Gasteiger partial charge in [0.15, 0.2) is 5.69 Å². The van der Waals surface area contributed by atoms with E-state index in [1.807, 2.05) is 0 Å². The van der Waals surface area contributed by atoms with Gasteiger partial charge in [0.05, 0.1) is 5.69 Å². The van der Waals surface area contributed by atoms with Gasteiger partial charge in [-0.15, -0.1) is 0 Å². The molecule has 1 saturated carbocycles. The first-order valence-corrected chi connectivity index (χ1v) is 7.80. The van der Waals surface area contributed by atoms with Crippen molar-refractivity contribution in [2.75, 3.05) is 6.54 Å². The summed E-state index contributed by atoms with van der Waals surface area (Å²) in [5, 5.41) is 14.0. The molecule has 1 fully saturated rings. The van der Waals surface area contributed by atoms with Crippen LogP contribution in [0.15, 0.2) is 4.90 Å². The van der Waals surface area contributed by atoms with E-state index in [0.29, 0.717) is 12.5 Å². The Balaban J connectivity index is 2.11. The third kappa shape index (κ3) is 3.13. The minimum atomic E-state index is -3.96. The normalized spacial score (nSPS) is 16.7. The zero-order valence-corrected chi connectivity index (χ0v) is 11.6. The molecule has 1 aliphatic rings. The number of carbonyl (C=O) groups is 1. The SMILES string of the molecule is Cc1[nH]nc(C(=O)NCC2CCCC2)c1S(N)(=O)=O. The van der Waals surface area contributed by atoms with Gasteiger partial charge in [0.2, 0.25) is 10.0 Å². The molecule has 0 saturated heterocycles. The van der Waals surface area contributed by atoms with E-state index >= 15 is 0 Å². The minimum absolute atomic E-state index is 0.155. The summed E-state index contributed by atoms with van der Waals surface area (Å²) in [5.74, 6) is -0.0257. The highest BCUT2D eigenvalue weighted by atomic mass is 32.2. The molecule has 0 spiro atoms. The summed E-state index contributed by atoms with van der Waals surface area (Å²) in [4.78, 5) is 11.7. The van der Waals surface area contributed by atoms with Crippen molar-refractivity contribution < 1.29 is 13.2 Å². The number of hydrogen-bond acceptors (Lipinski definition) is 4. The second-order valence-electron chi connectivity index (χ2n) is 4.93. The Hall–Kier alpha value is -1.41. The molecular weight excluding hydrogens is 268 g/mol. The third-order valence-corrected chi connectivity index (χ3v) is 4.49. The van der Waals surface area contributed by atoms with E-state index in [2.05, 4.69) is 15.5 Å². The predicted octanol–water partition coefficient (Wildman–Crippen LogP) is 0.286. The monoisotopic (exact) mass is 286 g/mol. The first-order chi connectivity index (χ1) is 8.89. The Labute approximate surface area is 112 Å². The largest absolute Gasteiger partial charge is 0.350 e. The molecule has 1 aliphatic carbocycles. The van der Waals surface area contributed by atoms with Gasteiger partial charge in [-0.2, -0.15) is 5.10 Å². The molecule has 2 rings (SSSR count). The van der Waals surface area contributed by atoms with Crippen LogP contribution in [0.1, 0.15) is 41.9 Å². The molecule has 7 nitrogen and oxygen atoms in total. The standard InChI is InChI=1S/C11H18N4O3S/c1-7-10(19(12,17)18)9(15-14-7)11(16)13-6-8-4-2-3-5-8/h8H,2-6H2,1H3,(H,13,16)(H,14,15)(H2,12,17,18). The number of nitrogens with two attached hydrogens (primary N) is 1. The predicted molar refractivity (Wildman–Crippen MR) is 69.0 cm³/mol. The van der Waals surface area contributed by atoms with Gasteiger partial charge in [-0.25, -0.2) is 13.6 Å². The molecule has 1 aromatic rings. The summed E-state index contributed by atoms with van der Waals surface area (Å²) in [6, 6.07) is 0. The van der Waals surface area contributed by atoms with Crippen molar-refractivity contribution in [2.45, 2.75) is 37.5 Å². The highest BCUT2D eigenvalue weighted by Crippen LogP contribution is 2.24. The number of amides is 1. The fourth-order valence-corrected chi connectivity index (χ4v) is 3.34. The quantitative estimate of drug-likeness (QED) is 0.737. The van der Waals surface area contributed by atoms with Crippen LogP contribution < -0.4 is 10.5 Å². The maximum atomic E-state index is 12.0. The lowest BCUT2D eigenvalue weighted by atomic mass is 10.1. The van der Waals surface area contributed by atoms with Gasteiger partial charge in [-0.3, -0.25) is 9.89 Å². The number of nitrogens with one attached hydrogen (secondary N) is 2. The number of aromatic nitrogens is 2. The van der Waals surface area contributed by atoms with Gasteiger partial charge in [0.1, 0.15) is 4.90 Å². The van der Waals surface area contributed by atoms with Crippen LogP contribution in [-0.2, 0) is 10.0 Å². The van der Waals surface area contributed by atoms with Crippen molar-refractivity contribution in [2.24, 2.45) is 11.1 Å². The number of nitrogens with zero attached hydrogens (tertiary/aromatic N) is 1. The molecule has 1 amide bonds. The lowest BCUT2D eigenvalue weighted by molar-refractivity contribution is 0.0939. The number of aromatic amines is 1. The van der Waals surface area contributed by atoms with Crippen molar-refractivity contribution in [1.29, 1.82) is 0 Å². The number of sulfonamides is 1. The summed E-state index contributed by atoms with van der Waals surface area (Å²) in [6.07, 6.45) is 4.57. The molecule has 0 atom stereocenters. The van der Waals surface area contributed by atoms with Crippen LogP contribution in [0.25, 0.3) is 0 Å². The fraction of sp³-hybridized carbons (Fsp3) is 0.636. The summed E-state index contributed by atoms with van der Waals surface area (Å²) < 4.78 is 22.9. The first-order valence-electron chi connectivity index (χ1n) is 6.25. The third-order valence-electron chi connectivity index (χ3n) is 3.42. The molecule has 106 valence electrons. The Morgan fingerprint density at radius 3 is 2.68 bits per heavy atom. The molecule has 1 aromatic heterocycles. The van der Waals surface area contributed by atoms with E-state index in [9.17, 15) is 13.2 Å². The summed E-state index contributed by atoms with van der Waals surface area (Å²) in [5.41, 5.74) is 0.117. The molecule has 19 heavy (non-hydrogen) atoms. The van der Waals surface area contributed by atoms with Crippen LogP contribution in [0.4, 0.5) is 0 Å². The Morgan fingerprint density at radius 1 is 1.47 bits per heavy atom. The van der Waals surface area contributed by atoms with Gasteiger partial charge in [0.25, 0.3) is 5.91 Å². The van der Waals surface area contributed by atoms with E-state index in [4.69, 9.17) is 5.14 Å². The topological polar surface area (TPSA) is 118 Å². The molecule has 0 aliphatic heterocycles. The van der Waals surface area contributed by atoms with Crippen molar-refractivity contribution >= 4 is 15.9 Å². The molecule has 8 heteroatoms. The number of rotatable bonds is 4. The second kappa shape index (κ2) is 5.30. The number of aryl methyl sites for hydroxylation is 1. The average molecular weight is 286 g/mol. The van der Waals surface area contributed by atoms with Gasteiger partial charge < -0.3 is 5.32 Å². The summed E-state index contributed by atoms with van der Waals surface area (Å²) in [6.45, 7) is 2.06. The summed E-state index contributed by atoms with van der Waals surface area (Å²) in [7, 11) is -3.96.